The third kappa shape index (κ3) is 5.81. The predicted octanol–water partition coefficient (Wildman–Crippen LogP) is 4.06. The molecule has 1 N–H and O–H groups in total. The third-order valence-corrected chi connectivity index (χ3v) is 4.65. The molecule has 1 amide bonds. The Morgan fingerprint density at radius 2 is 1.58 bits per heavy atom. The van der Waals surface area contributed by atoms with E-state index in [1.54, 1.807) is 0 Å². The molecule has 0 fully saturated rings. The molecule has 5 heteroatoms. The molecule has 0 spiro atoms. The molecule has 0 aromatic heterocycles. The minimum absolute atomic E-state index is 0.285. The van der Waals surface area contributed by atoms with E-state index in [9.17, 15) is 9.00 Å². The van der Waals surface area contributed by atoms with E-state index in [-0.39, 0.29) is 11.8 Å². The Bertz CT molecular complexity index is 681. The van der Waals surface area contributed by atoms with Gasteiger partial charge in [0.05, 0.1) is 22.6 Å². The van der Waals surface area contributed by atoms with E-state index in [0.29, 0.717) is 0 Å². The Hall–Kier alpha value is -2.14. The molecule has 24 heavy (non-hydrogen) atoms. The van der Waals surface area contributed by atoms with Crippen molar-refractivity contribution in [1.29, 1.82) is 0 Å². The maximum Gasteiger partial charge on any atom is 0.408 e. The molecule has 0 radical (unpaired) electrons. The normalized spacial score (nSPS) is 13.8. The van der Waals surface area contributed by atoms with Gasteiger partial charge in [-0.15, -0.1) is 0 Å². The fourth-order valence-corrected chi connectivity index (χ4v) is 3.41. The second-order valence-electron chi connectivity index (χ2n) is 6.43. The maximum atomic E-state index is 12.6. The zero-order valence-corrected chi connectivity index (χ0v) is 15.0. The van der Waals surface area contributed by atoms with Crippen LogP contribution in [0.4, 0.5) is 4.79 Å². The molecule has 2 atom stereocenters. The van der Waals surface area contributed by atoms with Crippen molar-refractivity contribution in [3.8, 4) is 0 Å². The topological polar surface area (TPSA) is 55.4 Å². The van der Waals surface area contributed by atoms with E-state index in [2.05, 4.69) is 5.32 Å². The molecular weight excluding hydrogens is 322 g/mol. The van der Waals surface area contributed by atoms with Crippen LogP contribution >= 0.6 is 0 Å². The van der Waals surface area contributed by atoms with Crippen LogP contribution in [0.25, 0.3) is 0 Å². The van der Waals surface area contributed by atoms with Gasteiger partial charge in [-0.3, -0.25) is 4.21 Å². The Kier molecular flexibility index (Phi) is 6.15. The average Bonchev–Trinajstić information content (AvgIpc) is 2.54. The van der Waals surface area contributed by atoms with Gasteiger partial charge in [-0.05, 0) is 38.5 Å². The first kappa shape index (κ1) is 18.2. The van der Waals surface area contributed by atoms with Crippen LogP contribution in [-0.2, 0) is 15.5 Å². The monoisotopic (exact) mass is 345 g/mol. The Morgan fingerprint density at radius 3 is 2.12 bits per heavy atom. The van der Waals surface area contributed by atoms with Crippen molar-refractivity contribution in [1.82, 2.24) is 5.32 Å². The lowest BCUT2D eigenvalue weighted by Gasteiger charge is -2.23. The highest BCUT2D eigenvalue weighted by Gasteiger charge is 2.22. The highest BCUT2D eigenvalue weighted by molar-refractivity contribution is 7.85. The summed E-state index contributed by atoms with van der Waals surface area (Å²) in [6, 6.07) is 18.4. The van der Waals surface area contributed by atoms with Gasteiger partial charge >= 0.3 is 6.09 Å². The summed E-state index contributed by atoms with van der Waals surface area (Å²) in [5.74, 6) is 0.285. The number of amides is 1. The minimum atomic E-state index is -1.22. The van der Waals surface area contributed by atoms with Gasteiger partial charge < -0.3 is 10.1 Å². The van der Waals surface area contributed by atoms with Gasteiger partial charge in [0, 0.05) is 4.90 Å². The quantitative estimate of drug-likeness (QED) is 0.889. The van der Waals surface area contributed by atoms with Crippen LogP contribution in [0.15, 0.2) is 65.6 Å². The number of alkyl carbamates (subject to hydrolysis) is 1. The molecular formula is C19H23NO3S. The van der Waals surface area contributed by atoms with Crippen LogP contribution < -0.4 is 5.32 Å². The molecule has 2 aromatic carbocycles. The molecule has 0 aliphatic rings. The first-order chi connectivity index (χ1) is 11.3. The van der Waals surface area contributed by atoms with Crippen molar-refractivity contribution in [2.45, 2.75) is 37.3 Å². The summed E-state index contributed by atoms with van der Waals surface area (Å²) in [5, 5.41) is 2.84. The van der Waals surface area contributed by atoms with Crippen LogP contribution in [0, 0.1) is 0 Å². The van der Waals surface area contributed by atoms with E-state index in [0.717, 1.165) is 10.5 Å². The largest absolute Gasteiger partial charge is 0.444 e. The van der Waals surface area contributed by atoms with Crippen LogP contribution in [0.5, 0.6) is 0 Å². The highest BCUT2D eigenvalue weighted by atomic mass is 32.2. The van der Waals surface area contributed by atoms with Gasteiger partial charge in [-0.2, -0.15) is 0 Å². The van der Waals surface area contributed by atoms with Gasteiger partial charge in [0.15, 0.2) is 0 Å². The lowest BCUT2D eigenvalue weighted by Crippen LogP contribution is -2.36. The molecule has 2 rings (SSSR count). The maximum absolute atomic E-state index is 12.6. The standard InChI is InChI=1S/C19H23NO3S/c1-19(2,3)23-18(21)20-17(15-10-6-4-7-11-15)14-24(22)16-12-8-5-9-13-16/h4-13,17H,14H2,1-3H3,(H,20,21)/t17-,24?/m0/s1. The van der Waals surface area contributed by atoms with Crippen LogP contribution in [0.3, 0.4) is 0 Å². The summed E-state index contributed by atoms with van der Waals surface area (Å²) in [6.07, 6.45) is -0.513. The molecule has 0 saturated carbocycles. The number of carbonyl (C=O) groups is 1. The van der Waals surface area contributed by atoms with Crippen molar-refractivity contribution in [3.05, 3.63) is 66.2 Å². The first-order valence-corrected chi connectivity index (χ1v) is 9.15. The fourth-order valence-electron chi connectivity index (χ4n) is 2.18. The molecule has 0 heterocycles. The van der Waals surface area contributed by atoms with Crippen molar-refractivity contribution < 1.29 is 13.7 Å². The van der Waals surface area contributed by atoms with Crippen molar-refractivity contribution in [2.24, 2.45) is 0 Å². The van der Waals surface area contributed by atoms with Crippen molar-refractivity contribution in [2.75, 3.05) is 5.75 Å². The summed E-state index contributed by atoms with van der Waals surface area (Å²) >= 11 is 0. The van der Waals surface area contributed by atoms with E-state index in [1.165, 1.54) is 0 Å². The molecule has 0 bridgehead atoms. The fraction of sp³-hybridized carbons (Fsp3) is 0.316. The predicted molar refractivity (Wildman–Crippen MR) is 96.3 cm³/mol. The van der Waals surface area contributed by atoms with E-state index in [4.69, 9.17) is 4.74 Å². The number of rotatable bonds is 5. The summed E-state index contributed by atoms with van der Waals surface area (Å²) in [5.41, 5.74) is 0.317. The molecule has 0 aliphatic heterocycles. The Morgan fingerprint density at radius 1 is 1.04 bits per heavy atom. The lowest BCUT2D eigenvalue weighted by molar-refractivity contribution is 0.0509. The molecule has 1 unspecified atom stereocenters. The van der Waals surface area contributed by atoms with E-state index < -0.39 is 22.5 Å². The molecule has 128 valence electrons. The van der Waals surface area contributed by atoms with Gasteiger partial charge in [0.1, 0.15) is 5.60 Å². The second-order valence-corrected chi connectivity index (χ2v) is 7.93. The number of nitrogens with one attached hydrogen (secondary N) is 1. The van der Waals surface area contributed by atoms with Crippen molar-refractivity contribution >= 4 is 16.9 Å². The highest BCUT2D eigenvalue weighted by Crippen LogP contribution is 2.18. The van der Waals surface area contributed by atoms with Crippen LogP contribution in [0.1, 0.15) is 32.4 Å². The summed E-state index contributed by atoms with van der Waals surface area (Å²) in [4.78, 5) is 12.9. The summed E-state index contributed by atoms with van der Waals surface area (Å²) in [7, 11) is -1.22. The molecule has 0 aliphatic carbocycles. The summed E-state index contributed by atoms with van der Waals surface area (Å²) < 4.78 is 17.9. The summed E-state index contributed by atoms with van der Waals surface area (Å²) in [6.45, 7) is 5.44. The van der Waals surface area contributed by atoms with E-state index in [1.807, 2.05) is 81.4 Å². The smallest absolute Gasteiger partial charge is 0.408 e. The van der Waals surface area contributed by atoms with Crippen LogP contribution in [-0.4, -0.2) is 21.7 Å². The van der Waals surface area contributed by atoms with E-state index >= 15 is 0 Å². The Balaban J connectivity index is 2.15. The lowest BCUT2D eigenvalue weighted by atomic mass is 10.1. The molecule has 2 aromatic rings. The number of hydrogen-bond acceptors (Lipinski definition) is 3. The van der Waals surface area contributed by atoms with Gasteiger partial charge in [-0.25, -0.2) is 4.79 Å². The third-order valence-electron chi connectivity index (χ3n) is 3.22. The van der Waals surface area contributed by atoms with Crippen molar-refractivity contribution in [3.63, 3.8) is 0 Å². The second kappa shape index (κ2) is 8.11. The number of ether oxygens (including phenoxy) is 1. The number of carbonyl (C=O) groups excluding carboxylic acids is 1. The molecule has 0 saturated heterocycles. The van der Waals surface area contributed by atoms with Gasteiger partial charge in [0.25, 0.3) is 0 Å². The first-order valence-electron chi connectivity index (χ1n) is 7.83. The van der Waals surface area contributed by atoms with Gasteiger partial charge in [-0.1, -0.05) is 48.5 Å². The Labute approximate surface area is 145 Å². The zero-order chi connectivity index (χ0) is 17.6. The van der Waals surface area contributed by atoms with Gasteiger partial charge in [0.2, 0.25) is 0 Å². The average molecular weight is 345 g/mol. The zero-order valence-electron chi connectivity index (χ0n) is 14.2. The minimum Gasteiger partial charge on any atom is -0.444 e. The number of hydrogen-bond donors (Lipinski definition) is 1. The number of benzene rings is 2. The van der Waals surface area contributed by atoms with Crippen LogP contribution in [0.2, 0.25) is 0 Å². The SMILES string of the molecule is CC(C)(C)OC(=O)N[C@@H](CS(=O)c1ccccc1)c1ccccc1. The molecule has 4 nitrogen and oxygen atoms in total.